The van der Waals surface area contributed by atoms with Crippen molar-refractivity contribution < 1.29 is 4.79 Å². The summed E-state index contributed by atoms with van der Waals surface area (Å²) in [7, 11) is 0. The highest BCUT2D eigenvalue weighted by molar-refractivity contribution is 5.98. The van der Waals surface area contributed by atoms with Crippen molar-refractivity contribution >= 4 is 5.78 Å². The Morgan fingerprint density at radius 1 is 1.20 bits per heavy atom. The van der Waals surface area contributed by atoms with Crippen LogP contribution in [-0.2, 0) is 6.42 Å². The number of rotatable bonds is 0. The fraction of sp³-hybridized carbons (Fsp3) is 0.538. The number of nitrogens with zero attached hydrogens (tertiary/aromatic N) is 1. The molecule has 1 aromatic heterocycles. The van der Waals surface area contributed by atoms with Gasteiger partial charge in [-0.3, -0.25) is 9.78 Å². The maximum absolute atomic E-state index is 12.0. The lowest BCUT2D eigenvalue weighted by atomic mass is 9.71. The molecule has 1 saturated carbocycles. The second kappa shape index (κ2) is 3.16. The Hall–Kier alpha value is -1.18. The van der Waals surface area contributed by atoms with Crippen molar-refractivity contribution in [3.05, 3.63) is 29.6 Å². The van der Waals surface area contributed by atoms with Crippen molar-refractivity contribution in [1.29, 1.82) is 0 Å². The maximum atomic E-state index is 12.0. The van der Waals surface area contributed by atoms with Crippen molar-refractivity contribution in [3.8, 4) is 0 Å². The predicted molar refractivity (Wildman–Crippen MR) is 57.8 cm³/mol. The summed E-state index contributed by atoms with van der Waals surface area (Å²) in [5.74, 6) is 0.311. The van der Waals surface area contributed by atoms with Crippen molar-refractivity contribution in [1.82, 2.24) is 4.98 Å². The zero-order valence-electron chi connectivity index (χ0n) is 8.83. The van der Waals surface area contributed by atoms with Gasteiger partial charge in [-0.2, -0.15) is 0 Å². The van der Waals surface area contributed by atoms with Crippen LogP contribution in [0, 0.1) is 5.41 Å². The van der Waals surface area contributed by atoms with Crippen LogP contribution in [0.2, 0.25) is 0 Å². The fourth-order valence-electron chi connectivity index (χ4n) is 3.16. The molecule has 1 aromatic rings. The number of hydrogen-bond donors (Lipinski definition) is 0. The highest BCUT2D eigenvalue weighted by atomic mass is 16.1. The topological polar surface area (TPSA) is 30.0 Å². The Morgan fingerprint density at radius 2 is 2.00 bits per heavy atom. The van der Waals surface area contributed by atoms with Gasteiger partial charge in [0, 0.05) is 18.2 Å². The third-order valence-corrected chi connectivity index (χ3v) is 3.93. The molecule has 2 nitrogen and oxygen atoms in total. The van der Waals surface area contributed by atoms with E-state index in [1.165, 1.54) is 25.7 Å². The standard InChI is InChI=1S/C13H15NO/c15-12-9-13(5-1-2-6-13)8-11-10(12)4-3-7-14-11/h3-4,7H,1-2,5-6,8-9H2. The summed E-state index contributed by atoms with van der Waals surface area (Å²) in [6.45, 7) is 0. The van der Waals surface area contributed by atoms with E-state index in [-0.39, 0.29) is 5.41 Å². The van der Waals surface area contributed by atoms with Crippen molar-refractivity contribution in [2.75, 3.05) is 0 Å². The normalized spacial score (nSPS) is 23.1. The Labute approximate surface area is 89.7 Å². The average molecular weight is 201 g/mol. The van der Waals surface area contributed by atoms with Gasteiger partial charge in [-0.1, -0.05) is 12.8 Å². The van der Waals surface area contributed by atoms with Crippen LogP contribution < -0.4 is 0 Å². The van der Waals surface area contributed by atoms with Crippen LogP contribution in [0.5, 0.6) is 0 Å². The third kappa shape index (κ3) is 1.39. The Kier molecular flexibility index (Phi) is 1.91. The zero-order valence-corrected chi connectivity index (χ0v) is 8.83. The van der Waals surface area contributed by atoms with Crippen LogP contribution in [-0.4, -0.2) is 10.8 Å². The van der Waals surface area contributed by atoms with Gasteiger partial charge in [0.05, 0.1) is 5.69 Å². The molecule has 2 aliphatic carbocycles. The molecule has 0 aromatic carbocycles. The summed E-state index contributed by atoms with van der Waals surface area (Å²) in [5, 5.41) is 0. The lowest BCUT2D eigenvalue weighted by molar-refractivity contribution is 0.0885. The van der Waals surface area contributed by atoms with E-state index in [0.29, 0.717) is 5.78 Å². The summed E-state index contributed by atoms with van der Waals surface area (Å²) < 4.78 is 0. The van der Waals surface area contributed by atoms with E-state index in [0.717, 1.165) is 24.1 Å². The number of aromatic nitrogens is 1. The number of hydrogen-bond acceptors (Lipinski definition) is 2. The lowest BCUT2D eigenvalue weighted by Gasteiger charge is -2.32. The van der Waals surface area contributed by atoms with Crippen LogP contribution >= 0.6 is 0 Å². The van der Waals surface area contributed by atoms with E-state index >= 15 is 0 Å². The summed E-state index contributed by atoms with van der Waals surface area (Å²) in [6.07, 6.45) is 8.59. The zero-order chi connectivity index (χ0) is 10.3. The molecule has 1 heterocycles. The number of Topliss-reactive ketones (excluding diaryl/α,β-unsaturated/α-hetero) is 1. The van der Waals surface area contributed by atoms with Crippen molar-refractivity contribution in [2.24, 2.45) is 5.41 Å². The van der Waals surface area contributed by atoms with E-state index < -0.39 is 0 Å². The Bertz CT molecular complexity index is 405. The van der Waals surface area contributed by atoms with Gasteiger partial charge >= 0.3 is 0 Å². The highest BCUT2D eigenvalue weighted by Crippen LogP contribution is 2.47. The van der Waals surface area contributed by atoms with Crippen LogP contribution in [0.15, 0.2) is 18.3 Å². The molecule has 1 fully saturated rings. The van der Waals surface area contributed by atoms with Crippen molar-refractivity contribution in [2.45, 2.75) is 38.5 Å². The van der Waals surface area contributed by atoms with Gasteiger partial charge in [-0.15, -0.1) is 0 Å². The van der Waals surface area contributed by atoms with E-state index in [4.69, 9.17) is 0 Å². The molecule has 0 atom stereocenters. The van der Waals surface area contributed by atoms with Crippen molar-refractivity contribution in [3.63, 3.8) is 0 Å². The molecule has 0 aliphatic heterocycles. The largest absolute Gasteiger partial charge is 0.294 e. The Balaban J connectivity index is 2.02. The molecule has 78 valence electrons. The minimum absolute atomic E-state index is 0.276. The van der Waals surface area contributed by atoms with Crippen LogP contribution in [0.25, 0.3) is 0 Å². The van der Waals surface area contributed by atoms with E-state index in [1.54, 1.807) is 6.20 Å². The van der Waals surface area contributed by atoms with E-state index in [2.05, 4.69) is 4.98 Å². The summed E-state index contributed by atoms with van der Waals surface area (Å²) in [4.78, 5) is 16.4. The molecule has 0 amide bonds. The molecule has 0 bridgehead atoms. The smallest absolute Gasteiger partial charge is 0.165 e. The molecular formula is C13H15NO. The SMILES string of the molecule is O=C1CC2(CCCC2)Cc2ncccc21. The number of fused-ring (bicyclic) bond motifs is 1. The highest BCUT2D eigenvalue weighted by Gasteiger charge is 2.40. The molecule has 0 saturated heterocycles. The molecule has 3 rings (SSSR count). The summed E-state index contributed by atoms with van der Waals surface area (Å²) in [5.41, 5.74) is 2.18. The maximum Gasteiger partial charge on any atom is 0.165 e. The van der Waals surface area contributed by atoms with Gasteiger partial charge < -0.3 is 0 Å². The quantitative estimate of drug-likeness (QED) is 0.646. The van der Waals surface area contributed by atoms with Gasteiger partial charge in [0.1, 0.15) is 0 Å². The van der Waals surface area contributed by atoms with Gasteiger partial charge in [-0.25, -0.2) is 0 Å². The second-order valence-electron chi connectivity index (χ2n) is 4.98. The third-order valence-electron chi connectivity index (χ3n) is 3.93. The first-order valence-corrected chi connectivity index (χ1v) is 5.76. The molecule has 0 radical (unpaired) electrons. The molecule has 0 N–H and O–H groups in total. The lowest BCUT2D eigenvalue weighted by Crippen LogP contribution is -2.30. The van der Waals surface area contributed by atoms with Gasteiger partial charge in [0.15, 0.2) is 5.78 Å². The minimum atomic E-state index is 0.276. The first kappa shape index (κ1) is 9.08. The predicted octanol–water partition coefficient (Wildman–Crippen LogP) is 2.77. The average Bonchev–Trinajstić information content (AvgIpc) is 2.66. The van der Waals surface area contributed by atoms with Gasteiger partial charge in [0.2, 0.25) is 0 Å². The Morgan fingerprint density at radius 3 is 2.80 bits per heavy atom. The molecular weight excluding hydrogens is 186 g/mol. The van der Waals surface area contributed by atoms with Gasteiger partial charge in [0.25, 0.3) is 0 Å². The molecule has 0 unspecified atom stereocenters. The monoisotopic (exact) mass is 201 g/mol. The minimum Gasteiger partial charge on any atom is -0.294 e. The molecule has 2 aliphatic rings. The second-order valence-corrected chi connectivity index (χ2v) is 4.98. The van der Waals surface area contributed by atoms with Crippen LogP contribution in [0.3, 0.4) is 0 Å². The number of carbonyl (C=O) groups is 1. The first-order valence-electron chi connectivity index (χ1n) is 5.76. The number of pyridine rings is 1. The van der Waals surface area contributed by atoms with Gasteiger partial charge in [-0.05, 0) is 36.8 Å². The first-order chi connectivity index (χ1) is 7.29. The molecule has 1 spiro atoms. The molecule has 15 heavy (non-hydrogen) atoms. The van der Waals surface area contributed by atoms with E-state index in [9.17, 15) is 4.79 Å². The van der Waals surface area contributed by atoms with Crippen LogP contribution in [0.4, 0.5) is 0 Å². The summed E-state index contributed by atoms with van der Waals surface area (Å²) in [6, 6.07) is 3.79. The number of carbonyl (C=O) groups excluding carboxylic acids is 1. The summed E-state index contributed by atoms with van der Waals surface area (Å²) >= 11 is 0. The fourth-order valence-corrected chi connectivity index (χ4v) is 3.16. The molecule has 2 heteroatoms. The van der Waals surface area contributed by atoms with Crippen LogP contribution in [0.1, 0.15) is 48.2 Å². The number of ketones is 1. The van der Waals surface area contributed by atoms with E-state index in [1.807, 2.05) is 12.1 Å².